The number of ether oxygens (including phenoxy) is 1. The van der Waals surface area contributed by atoms with Crippen LogP contribution in [-0.2, 0) is 4.74 Å². The van der Waals surface area contributed by atoms with Gasteiger partial charge < -0.3 is 10.5 Å². The summed E-state index contributed by atoms with van der Waals surface area (Å²) in [5.74, 6) is 0.655. The van der Waals surface area contributed by atoms with Gasteiger partial charge in [-0.15, -0.1) is 0 Å². The maximum Gasteiger partial charge on any atom is 0.0662 e. The highest BCUT2D eigenvalue weighted by Gasteiger charge is 2.10. The highest BCUT2D eigenvalue weighted by atomic mass is 16.5. The summed E-state index contributed by atoms with van der Waals surface area (Å²) in [6, 6.07) is 14.7. The van der Waals surface area contributed by atoms with Gasteiger partial charge in [0.05, 0.1) is 18.8 Å². The van der Waals surface area contributed by atoms with E-state index in [9.17, 15) is 0 Å². The maximum atomic E-state index is 6.24. The molecule has 0 aliphatic carbocycles. The molecule has 0 aromatic heterocycles. The van der Waals surface area contributed by atoms with Crippen LogP contribution >= 0.6 is 0 Å². The lowest BCUT2D eigenvalue weighted by atomic mass is 10.0. The molecule has 20 heavy (non-hydrogen) atoms. The highest BCUT2D eigenvalue weighted by Crippen LogP contribution is 2.20. The van der Waals surface area contributed by atoms with E-state index in [1.54, 1.807) is 0 Å². The van der Waals surface area contributed by atoms with Crippen molar-refractivity contribution in [2.75, 3.05) is 6.61 Å². The average Bonchev–Trinajstić information content (AvgIpc) is 2.43. The Morgan fingerprint density at radius 3 is 2.40 bits per heavy atom. The number of nitrogens with two attached hydrogens (primary N) is 1. The Kier molecular flexibility index (Phi) is 5.16. The first-order valence-corrected chi connectivity index (χ1v) is 7.42. The van der Waals surface area contributed by atoms with Crippen LogP contribution in [0.2, 0.25) is 0 Å². The summed E-state index contributed by atoms with van der Waals surface area (Å²) in [5.41, 5.74) is 7.38. The van der Waals surface area contributed by atoms with E-state index in [2.05, 4.69) is 63.2 Å². The van der Waals surface area contributed by atoms with Gasteiger partial charge in [-0.05, 0) is 41.7 Å². The molecule has 2 unspecified atom stereocenters. The predicted octanol–water partition coefficient (Wildman–Crippen LogP) is 4.29. The summed E-state index contributed by atoms with van der Waals surface area (Å²) in [5, 5.41) is 2.48. The molecular formula is C18H25NO. The molecule has 2 aromatic rings. The van der Waals surface area contributed by atoms with Crippen molar-refractivity contribution in [2.24, 2.45) is 11.7 Å². The van der Waals surface area contributed by atoms with Crippen molar-refractivity contribution >= 4 is 10.8 Å². The van der Waals surface area contributed by atoms with Gasteiger partial charge in [-0.1, -0.05) is 50.2 Å². The summed E-state index contributed by atoms with van der Waals surface area (Å²) in [6.45, 7) is 7.12. The van der Waals surface area contributed by atoms with Gasteiger partial charge in [0.1, 0.15) is 0 Å². The second-order valence-corrected chi connectivity index (χ2v) is 5.99. The third-order valence-corrected chi connectivity index (χ3v) is 3.57. The molecule has 0 saturated carbocycles. The Morgan fingerprint density at radius 2 is 1.70 bits per heavy atom. The van der Waals surface area contributed by atoms with E-state index in [0.29, 0.717) is 12.5 Å². The summed E-state index contributed by atoms with van der Waals surface area (Å²) in [6.07, 6.45) is 1.34. The molecule has 2 aromatic carbocycles. The second-order valence-electron chi connectivity index (χ2n) is 5.99. The van der Waals surface area contributed by atoms with E-state index in [1.807, 2.05) is 0 Å². The third-order valence-electron chi connectivity index (χ3n) is 3.57. The number of benzene rings is 2. The van der Waals surface area contributed by atoms with Gasteiger partial charge in [-0.2, -0.15) is 0 Å². The zero-order valence-corrected chi connectivity index (χ0v) is 12.7. The molecule has 0 spiro atoms. The van der Waals surface area contributed by atoms with Crippen LogP contribution < -0.4 is 5.73 Å². The Balaban J connectivity index is 1.98. The minimum atomic E-state index is -0.0609. The van der Waals surface area contributed by atoms with E-state index in [0.717, 1.165) is 12.0 Å². The van der Waals surface area contributed by atoms with Crippen molar-refractivity contribution in [3.8, 4) is 0 Å². The summed E-state index contributed by atoms with van der Waals surface area (Å²) >= 11 is 0. The van der Waals surface area contributed by atoms with E-state index < -0.39 is 0 Å². The van der Waals surface area contributed by atoms with E-state index >= 15 is 0 Å². The molecule has 0 aliphatic heterocycles. The smallest absolute Gasteiger partial charge is 0.0662 e. The van der Waals surface area contributed by atoms with Crippen LogP contribution in [0.5, 0.6) is 0 Å². The fourth-order valence-corrected chi connectivity index (χ4v) is 2.53. The number of hydrogen-bond donors (Lipinski definition) is 1. The fourth-order valence-electron chi connectivity index (χ4n) is 2.53. The van der Waals surface area contributed by atoms with Gasteiger partial charge in [0.15, 0.2) is 0 Å². The van der Waals surface area contributed by atoms with Gasteiger partial charge in [-0.3, -0.25) is 0 Å². The zero-order valence-electron chi connectivity index (χ0n) is 12.7. The SMILES string of the molecule is CC(C)CC(C)OCC(N)c1ccc2ccccc2c1. The molecule has 0 bridgehead atoms. The third kappa shape index (κ3) is 4.06. The number of hydrogen-bond acceptors (Lipinski definition) is 2. The first kappa shape index (κ1) is 15.0. The molecule has 2 heteroatoms. The largest absolute Gasteiger partial charge is 0.377 e. The molecule has 2 atom stereocenters. The standard InChI is InChI=1S/C18H25NO/c1-13(2)10-14(3)20-12-18(19)17-9-8-15-6-4-5-7-16(15)11-17/h4-9,11,13-14,18H,10,12,19H2,1-3H3. The lowest BCUT2D eigenvalue weighted by molar-refractivity contribution is 0.0430. The molecular weight excluding hydrogens is 246 g/mol. The Hall–Kier alpha value is -1.38. The summed E-state index contributed by atoms with van der Waals surface area (Å²) in [4.78, 5) is 0. The molecule has 2 nitrogen and oxygen atoms in total. The van der Waals surface area contributed by atoms with Crippen molar-refractivity contribution in [2.45, 2.75) is 39.3 Å². The number of fused-ring (bicyclic) bond motifs is 1. The quantitative estimate of drug-likeness (QED) is 0.850. The van der Waals surface area contributed by atoms with Crippen molar-refractivity contribution in [3.05, 3.63) is 48.0 Å². The molecule has 0 fully saturated rings. The Labute approximate surface area is 121 Å². The van der Waals surface area contributed by atoms with Crippen molar-refractivity contribution in [3.63, 3.8) is 0 Å². The van der Waals surface area contributed by atoms with Crippen LogP contribution in [-0.4, -0.2) is 12.7 Å². The van der Waals surface area contributed by atoms with Crippen LogP contribution in [0.3, 0.4) is 0 Å². The highest BCUT2D eigenvalue weighted by molar-refractivity contribution is 5.83. The first-order valence-electron chi connectivity index (χ1n) is 7.42. The second kappa shape index (κ2) is 6.87. The minimum Gasteiger partial charge on any atom is -0.377 e. The molecule has 0 saturated heterocycles. The van der Waals surface area contributed by atoms with Gasteiger partial charge in [0.25, 0.3) is 0 Å². The normalized spacial score (nSPS) is 14.7. The van der Waals surface area contributed by atoms with Gasteiger partial charge in [0, 0.05) is 0 Å². The van der Waals surface area contributed by atoms with Crippen molar-refractivity contribution in [1.82, 2.24) is 0 Å². The molecule has 0 amide bonds. The van der Waals surface area contributed by atoms with Gasteiger partial charge in [0.2, 0.25) is 0 Å². The summed E-state index contributed by atoms with van der Waals surface area (Å²) in [7, 11) is 0. The first-order chi connectivity index (χ1) is 9.56. The van der Waals surface area contributed by atoms with Crippen LogP contribution in [0.4, 0.5) is 0 Å². The predicted molar refractivity (Wildman–Crippen MR) is 85.7 cm³/mol. The fraction of sp³-hybridized carbons (Fsp3) is 0.444. The Bertz CT molecular complexity index is 550. The molecule has 2 rings (SSSR count). The molecule has 108 valence electrons. The molecule has 0 heterocycles. The zero-order chi connectivity index (χ0) is 14.5. The lowest BCUT2D eigenvalue weighted by Crippen LogP contribution is -2.21. The van der Waals surface area contributed by atoms with Gasteiger partial charge in [-0.25, -0.2) is 0 Å². The maximum absolute atomic E-state index is 6.24. The topological polar surface area (TPSA) is 35.2 Å². The van der Waals surface area contributed by atoms with Crippen molar-refractivity contribution in [1.29, 1.82) is 0 Å². The lowest BCUT2D eigenvalue weighted by Gasteiger charge is -2.19. The minimum absolute atomic E-state index is 0.0609. The van der Waals surface area contributed by atoms with Crippen molar-refractivity contribution < 1.29 is 4.74 Å². The average molecular weight is 271 g/mol. The van der Waals surface area contributed by atoms with Gasteiger partial charge >= 0.3 is 0 Å². The van der Waals surface area contributed by atoms with Crippen LogP contribution in [0.1, 0.15) is 38.8 Å². The van der Waals surface area contributed by atoms with E-state index in [1.165, 1.54) is 10.8 Å². The Morgan fingerprint density at radius 1 is 1.00 bits per heavy atom. The molecule has 0 aliphatic rings. The van der Waals surface area contributed by atoms with E-state index in [-0.39, 0.29) is 12.1 Å². The summed E-state index contributed by atoms with van der Waals surface area (Å²) < 4.78 is 5.86. The van der Waals surface area contributed by atoms with E-state index in [4.69, 9.17) is 10.5 Å². The molecule has 0 radical (unpaired) electrons. The monoisotopic (exact) mass is 271 g/mol. The molecule has 2 N–H and O–H groups in total. The number of rotatable bonds is 6. The van der Waals surface area contributed by atoms with Crippen LogP contribution in [0.25, 0.3) is 10.8 Å². The van der Waals surface area contributed by atoms with Crippen LogP contribution in [0.15, 0.2) is 42.5 Å². The van der Waals surface area contributed by atoms with Crippen LogP contribution in [0, 0.1) is 5.92 Å².